The van der Waals surface area contributed by atoms with Gasteiger partial charge >= 0.3 is 88.0 Å². The van der Waals surface area contributed by atoms with E-state index in [9.17, 15) is 0 Å². The van der Waals surface area contributed by atoms with Crippen LogP contribution in [0.4, 0.5) is 5.69 Å². The number of nitrogen functional groups attached to an aromatic ring is 1. The number of benzene rings is 1. The van der Waals surface area contributed by atoms with E-state index in [1.54, 1.807) is 7.11 Å². The van der Waals surface area contributed by atoms with E-state index in [2.05, 4.69) is 15.0 Å². The van der Waals surface area contributed by atoms with Crippen LogP contribution in [0.3, 0.4) is 0 Å². The predicted octanol–water partition coefficient (Wildman–Crippen LogP) is 1.20. The van der Waals surface area contributed by atoms with Crippen molar-refractivity contribution in [3.05, 3.63) is 28.2 Å². The van der Waals surface area contributed by atoms with Gasteiger partial charge in [0.15, 0.2) is 0 Å². The van der Waals surface area contributed by atoms with Gasteiger partial charge in [-0.25, -0.2) is 0 Å². The first-order chi connectivity index (χ1) is 6.81. The molecule has 1 aromatic heterocycles. The van der Waals surface area contributed by atoms with E-state index in [-0.39, 0.29) is 14.5 Å². The molecule has 0 atom stereocenters. The maximum absolute atomic E-state index is 5.79. The summed E-state index contributed by atoms with van der Waals surface area (Å²) in [6.07, 6.45) is 0. The van der Waals surface area contributed by atoms with Crippen LogP contribution in [0.25, 0.3) is 11.3 Å². The quantitative estimate of drug-likeness (QED) is 0.645. The summed E-state index contributed by atoms with van der Waals surface area (Å²) in [4.78, 5) is 6.22. The van der Waals surface area contributed by atoms with Gasteiger partial charge in [-0.1, -0.05) is 0 Å². The fourth-order valence-corrected chi connectivity index (χ4v) is 2.27. The molecular formula is C10H9N2OSe. The van der Waals surface area contributed by atoms with Gasteiger partial charge in [-0.2, -0.15) is 0 Å². The monoisotopic (exact) mass is 253 g/mol. The van der Waals surface area contributed by atoms with Crippen molar-refractivity contribution in [2.75, 3.05) is 12.8 Å². The van der Waals surface area contributed by atoms with E-state index in [1.165, 1.54) is 0 Å². The normalized spacial score (nSPS) is 10.1. The predicted molar refractivity (Wildman–Crippen MR) is 56.4 cm³/mol. The van der Waals surface area contributed by atoms with Crippen LogP contribution in [-0.2, 0) is 0 Å². The Morgan fingerprint density at radius 3 is 2.93 bits per heavy atom. The summed E-state index contributed by atoms with van der Waals surface area (Å²) < 4.78 is 5.08. The molecule has 1 aromatic carbocycles. The van der Waals surface area contributed by atoms with Crippen LogP contribution in [0.5, 0.6) is 5.75 Å². The minimum atomic E-state index is 0.282. The van der Waals surface area contributed by atoms with Crippen LogP contribution >= 0.6 is 0 Å². The molecule has 0 saturated carbocycles. The van der Waals surface area contributed by atoms with Crippen molar-refractivity contribution in [1.29, 1.82) is 0 Å². The Labute approximate surface area is 88.3 Å². The summed E-state index contributed by atoms with van der Waals surface area (Å²) in [5.74, 6) is 0.700. The number of anilines is 1. The SMILES string of the molecule is COc1ccc(-c2c[se][c]n2)cc1N. The van der Waals surface area contributed by atoms with Gasteiger partial charge in [0.2, 0.25) is 0 Å². The Hall–Kier alpha value is -1.25. The summed E-state index contributed by atoms with van der Waals surface area (Å²) in [7, 11) is 1.61. The third kappa shape index (κ3) is 1.67. The zero-order valence-electron chi connectivity index (χ0n) is 7.65. The molecule has 0 amide bonds. The van der Waals surface area contributed by atoms with Crippen LogP contribution in [-0.4, -0.2) is 26.6 Å². The van der Waals surface area contributed by atoms with Gasteiger partial charge in [-0.3, -0.25) is 0 Å². The van der Waals surface area contributed by atoms with Crippen LogP contribution in [0.2, 0.25) is 0 Å². The molecule has 1 heterocycles. The second kappa shape index (κ2) is 3.86. The Balaban J connectivity index is 2.43. The number of methoxy groups -OCH3 is 1. The van der Waals surface area contributed by atoms with Crippen molar-refractivity contribution in [2.24, 2.45) is 0 Å². The molecule has 0 saturated heterocycles. The first kappa shape index (κ1) is 9.31. The second-order valence-electron chi connectivity index (χ2n) is 2.78. The number of hydrogen-bond donors (Lipinski definition) is 1. The van der Waals surface area contributed by atoms with Crippen molar-refractivity contribution >= 4 is 20.2 Å². The fraction of sp³-hybridized carbons (Fsp3) is 0.100. The number of hydrogen-bond acceptors (Lipinski definition) is 3. The second-order valence-corrected chi connectivity index (χ2v) is 4.15. The summed E-state index contributed by atoms with van der Waals surface area (Å²) >= 11 is 0.282. The van der Waals surface area contributed by atoms with Gasteiger partial charge in [0.05, 0.1) is 0 Å². The zero-order valence-corrected chi connectivity index (χ0v) is 9.36. The average Bonchev–Trinajstić information content (AvgIpc) is 2.70. The third-order valence-corrected chi connectivity index (χ3v) is 3.04. The molecule has 0 bridgehead atoms. The van der Waals surface area contributed by atoms with Crippen molar-refractivity contribution < 1.29 is 4.74 Å². The molecule has 1 radical (unpaired) electrons. The van der Waals surface area contributed by atoms with Crippen molar-refractivity contribution in [1.82, 2.24) is 4.98 Å². The molecule has 0 spiro atoms. The van der Waals surface area contributed by atoms with Gasteiger partial charge in [0, 0.05) is 0 Å². The first-order valence-electron chi connectivity index (χ1n) is 4.06. The number of nitrogens with zero attached hydrogens (tertiary/aromatic N) is 1. The van der Waals surface area contributed by atoms with Crippen molar-refractivity contribution in [3.8, 4) is 17.0 Å². The van der Waals surface area contributed by atoms with Crippen LogP contribution in [0.15, 0.2) is 23.1 Å². The molecular weight excluding hydrogens is 243 g/mol. The summed E-state index contributed by atoms with van der Waals surface area (Å²) in [6, 6.07) is 5.68. The molecule has 0 fully saturated rings. The Bertz CT molecular complexity index is 426. The Kier molecular flexibility index (Phi) is 2.57. The number of aromatic nitrogens is 1. The van der Waals surface area contributed by atoms with Crippen molar-refractivity contribution in [2.45, 2.75) is 0 Å². The molecule has 2 rings (SSSR count). The molecule has 4 heteroatoms. The summed E-state index contributed by atoms with van der Waals surface area (Å²) in [5, 5.41) is 2.94. The standard InChI is InChI=1S/C10H9N2OSe/c1-13-10-3-2-7(4-8(10)11)9-5-14-6-12-9/h2-5H,11H2,1H3. The van der Waals surface area contributed by atoms with Gasteiger partial charge in [0.1, 0.15) is 0 Å². The fourth-order valence-electron chi connectivity index (χ4n) is 1.21. The molecule has 0 aliphatic rings. The summed E-state index contributed by atoms with van der Waals surface area (Å²) in [6.45, 7) is 0. The van der Waals surface area contributed by atoms with Crippen LogP contribution in [0.1, 0.15) is 0 Å². The average molecular weight is 252 g/mol. The van der Waals surface area contributed by atoms with E-state index in [0.717, 1.165) is 11.3 Å². The molecule has 0 aliphatic heterocycles. The van der Waals surface area contributed by atoms with Crippen molar-refractivity contribution in [3.63, 3.8) is 0 Å². The molecule has 14 heavy (non-hydrogen) atoms. The van der Waals surface area contributed by atoms with Gasteiger partial charge in [-0.15, -0.1) is 0 Å². The molecule has 3 nitrogen and oxygen atoms in total. The summed E-state index contributed by atoms with van der Waals surface area (Å²) in [5.41, 5.74) is 8.41. The Morgan fingerprint density at radius 2 is 2.36 bits per heavy atom. The minimum absolute atomic E-state index is 0.282. The van der Waals surface area contributed by atoms with E-state index in [0.29, 0.717) is 11.4 Å². The number of nitrogens with two attached hydrogens (primary N) is 1. The van der Waals surface area contributed by atoms with E-state index >= 15 is 0 Å². The number of ether oxygens (including phenoxy) is 1. The van der Waals surface area contributed by atoms with Gasteiger partial charge in [-0.05, 0) is 0 Å². The van der Waals surface area contributed by atoms with E-state index < -0.39 is 0 Å². The number of rotatable bonds is 2. The molecule has 71 valence electrons. The van der Waals surface area contributed by atoms with E-state index in [4.69, 9.17) is 10.5 Å². The third-order valence-electron chi connectivity index (χ3n) is 1.91. The molecule has 2 aromatic rings. The van der Waals surface area contributed by atoms with Gasteiger partial charge < -0.3 is 0 Å². The molecule has 0 aliphatic carbocycles. The van der Waals surface area contributed by atoms with E-state index in [1.807, 2.05) is 18.2 Å². The molecule has 0 unspecified atom stereocenters. The zero-order chi connectivity index (χ0) is 9.97. The molecule has 2 N–H and O–H groups in total. The maximum atomic E-state index is 5.79. The van der Waals surface area contributed by atoms with Crippen LogP contribution < -0.4 is 10.5 Å². The Morgan fingerprint density at radius 1 is 1.50 bits per heavy atom. The van der Waals surface area contributed by atoms with Gasteiger partial charge in [0.25, 0.3) is 0 Å². The first-order valence-corrected chi connectivity index (χ1v) is 5.91. The topological polar surface area (TPSA) is 48.1 Å². The van der Waals surface area contributed by atoms with Crippen LogP contribution in [0, 0.1) is 5.07 Å².